The van der Waals surface area contributed by atoms with E-state index in [-0.39, 0.29) is 23.3 Å². The standard InChI is InChI=1S/C12H15IN2O3S/c1-14-12(16)9-6-7-15(8-9)19(17,18)11-4-2-10(13)3-5-11/h2-5,9H,6-8H2,1H3,(H,14,16). The Kier molecular flexibility index (Phi) is 4.46. The third kappa shape index (κ3) is 3.09. The Labute approximate surface area is 126 Å². The fraction of sp³-hybridized carbons (Fsp3) is 0.417. The normalized spacial score (nSPS) is 20.4. The van der Waals surface area contributed by atoms with Gasteiger partial charge in [-0.25, -0.2) is 8.42 Å². The van der Waals surface area contributed by atoms with E-state index in [1.165, 1.54) is 4.31 Å². The van der Waals surface area contributed by atoms with Crippen LogP contribution in [0.4, 0.5) is 0 Å². The van der Waals surface area contributed by atoms with E-state index < -0.39 is 10.0 Å². The van der Waals surface area contributed by atoms with Crippen molar-refractivity contribution in [1.29, 1.82) is 0 Å². The van der Waals surface area contributed by atoms with Gasteiger partial charge >= 0.3 is 0 Å². The minimum atomic E-state index is -3.48. The SMILES string of the molecule is CNC(=O)C1CCN(S(=O)(=O)c2ccc(I)cc2)C1. The number of hydrogen-bond donors (Lipinski definition) is 1. The fourth-order valence-corrected chi connectivity index (χ4v) is 3.98. The van der Waals surface area contributed by atoms with Gasteiger partial charge in [0.25, 0.3) is 0 Å². The van der Waals surface area contributed by atoms with E-state index in [4.69, 9.17) is 0 Å². The molecule has 1 fully saturated rings. The van der Waals surface area contributed by atoms with Gasteiger partial charge in [0.1, 0.15) is 0 Å². The molecule has 1 N–H and O–H groups in total. The van der Waals surface area contributed by atoms with E-state index >= 15 is 0 Å². The summed E-state index contributed by atoms with van der Waals surface area (Å²) in [4.78, 5) is 11.8. The smallest absolute Gasteiger partial charge is 0.243 e. The molecule has 0 aromatic heterocycles. The molecule has 0 radical (unpaired) electrons. The number of carbonyl (C=O) groups excluding carboxylic acids is 1. The summed E-state index contributed by atoms with van der Waals surface area (Å²) >= 11 is 2.13. The van der Waals surface area contributed by atoms with Crippen LogP contribution in [-0.2, 0) is 14.8 Å². The van der Waals surface area contributed by atoms with Gasteiger partial charge in [0.2, 0.25) is 15.9 Å². The summed E-state index contributed by atoms with van der Waals surface area (Å²) < 4.78 is 27.2. The van der Waals surface area contributed by atoms with Crippen molar-refractivity contribution in [3.05, 3.63) is 27.8 Å². The molecule has 0 spiro atoms. The lowest BCUT2D eigenvalue weighted by Gasteiger charge is -2.16. The van der Waals surface area contributed by atoms with Gasteiger partial charge < -0.3 is 5.32 Å². The van der Waals surface area contributed by atoms with Crippen LogP contribution < -0.4 is 5.32 Å². The van der Waals surface area contributed by atoms with Crippen LogP contribution in [0, 0.1) is 9.49 Å². The first-order chi connectivity index (χ1) is 8.95. The summed E-state index contributed by atoms with van der Waals surface area (Å²) in [6.07, 6.45) is 0.573. The second-order valence-electron chi connectivity index (χ2n) is 4.42. The van der Waals surface area contributed by atoms with Gasteiger partial charge in [0.05, 0.1) is 10.8 Å². The third-order valence-electron chi connectivity index (χ3n) is 3.22. The van der Waals surface area contributed by atoms with Crippen LogP contribution in [0.2, 0.25) is 0 Å². The molecule has 0 aliphatic carbocycles. The maximum Gasteiger partial charge on any atom is 0.243 e. The number of benzene rings is 1. The summed E-state index contributed by atoms with van der Waals surface area (Å²) in [7, 11) is -1.91. The molecule has 1 aliphatic heterocycles. The van der Waals surface area contributed by atoms with Crippen LogP contribution in [0.25, 0.3) is 0 Å². The average Bonchev–Trinajstić information content (AvgIpc) is 2.88. The summed E-state index contributed by atoms with van der Waals surface area (Å²) in [6, 6.07) is 6.73. The van der Waals surface area contributed by atoms with E-state index in [0.29, 0.717) is 13.0 Å². The van der Waals surface area contributed by atoms with Gasteiger partial charge in [0, 0.05) is 23.7 Å². The zero-order valence-corrected chi connectivity index (χ0v) is 13.4. The fourth-order valence-electron chi connectivity index (χ4n) is 2.12. The van der Waals surface area contributed by atoms with Crippen LogP contribution in [0.5, 0.6) is 0 Å². The van der Waals surface area contributed by atoms with Crippen LogP contribution >= 0.6 is 22.6 Å². The Bertz CT molecular complexity index is 571. The monoisotopic (exact) mass is 394 g/mol. The van der Waals surface area contributed by atoms with Gasteiger partial charge in [-0.05, 0) is 53.3 Å². The zero-order valence-electron chi connectivity index (χ0n) is 10.5. The van der Waals surface area contributed by atoms with Gasteiger partial charge in [-0.3, -0.25) is 4.79 Å². The highest BCUT2D eigenvalue weighted by molar-refractivity contribution is 14.1. The number of hydrogen-bond acceptors (Lipinski definition) is 3. The zero-order chi connectivity index (χ0) is 14.0. The highest BCUT2D eigenvalue weighted by Crippen LogP contribution is 2.24. The summed E-state index contributed by atoms with van der Waals surface area (Å²) in [5.41, 5.74) is 0. The highest BCUT2D eigenvalue weighted by Gasteiger charge is 2.35. The maximum atomic E-state index is 12.4. The Hall–Kier alpha value is -0.670. The molecule has 104 valence electrons. The van der Waals surface area contributed by atoms with Gasteiger partial charge in [-0.15, -0.1) is 0 Å². The van der Waals surface area contributed by atoms with Crippen molar-refractivity contribution in [2.24, 2.45) is 5.92 Å². The molecule has 1 aliphatic rings. The Balaban J connectivity index is 2.18. The summed E-state index contributed by atoms with van der Waals surface area (Å²) in [5.74, 6) is -0.344. The highest BCUT2D eigenvalue weighted by atomic mass is 127. The molecule has 1 atom stereocenters. The van der Waals surface area contributed by atoms with E-state index in [2.05, 4.69) is 27.9 Å². The number of amides is 1. The first-order valence-electron chi connectivity index (χ1n) is 5.92. The van der Waals surface area contributed by atoms with Crippen molar-refractivity contribution in [1.82, 2.24) is 9.62 Å². The number of halogens is 1. The minimum Gasteiger partial charge on any atom is -0.359 e. The second kappa shape index (κ2) is 5.76. The molecular formula is C12H15IN2O3S. The Morgan fingerprint density at radius 2 is 2.00 bits per heavy atom. The molecule has 1 saturated heterocycles. The first kappa shape index (κ1) is 14.7. The molecule has 1 aromatic rings. The molecule has 5 nitrogen and oxygen atoms in total. The Morgan fingerprint density at radius 1 is 1.37 bits per heavy atom. The molecule has 0 bridgehead atoms. The van der Waals surface area contributed by atoms with Crippen LogP contribution in [0.15, 0.2) is 29.2 Å². The van der Waals surface area contributed by atoms with E-state index in [0.717, 1.165) is 3.57 Å². The van der Waals surface area contributed by atoms with Crippen molar-refractivity contribution < 1.29 is 13.2 Å². The second-order valence-corrected chi connectivity index (χ2v) is 7.60. The van der Waals surface area contributed by atoms with Gasteiger partial charge in [-0.1, -0.05) is 0 Å². The number of sulfonamides is 1. The predicted octanol–water partition coefficient (Wildman–Crippen LogP) is 1.05. The van der Waals surface area contributed by atoms with Crippen molar-refractivity contribution in [2.45, 2.75) is 11.3 Å². The number of nitrogens with zero attached hydrogens (tertiary/aromatic N) is 1. The predicted molar refractivity (Wildman–Crippen MR) is 80.1 cm³/mol. The van der Waals surface area contributed by atoms with E-state index in [9.17, 15) is 13.2 Å². The van der Waals surface area contributed by atoms with Crippen molar-refractivity contribution in [2.75, 3.05) is 20.1 Å². The lowest BCUT2D eigenvalue weighted by Crippen LogP contribution is -2.33. The van der Waals surface area contributed by atoms with Crippen molar-refractivity contribution >= 4 is 38.5 Å². The molecule has 19 heavy (non-hydrogen) atoms. The topological polar surface area (TPSA) is 66.5 Å². The van der Waals surface area contributed by atoms with Crippen molar-refractivity contribution in [3.63, 3.8) is 0 Å². The van der Waals surface area contributed by atoms with Gasteiger partial charge in [-0.2, -0.15) is 4.31 Å². The summed E-state index contributed by atoms with van der Waals surface area (Å²) in [5, 5.41) is 2.56. The number of rotatable bonds is 3. The van der Waals surface area contributed by atoms with Crippen LogP contribution in [0.3, 0.4) is 0 Å². The molecule has 7 heteroatoms. The largest absolute Gasteiger partial charge is 0.359 e. The first-order valence-corrected chi connectivity index (χ1v) is 8.44. The molecule has 1 aromatic carbocycles. The van der Waals surface area contributed by atoms with E-state index in [1.54, 1.807) is 31.3 Å². The lowest BCUT2D eigenvalue weighted by molar-refractivity contribution is -0.123. The van der Waals surface area contributed by atoms with Crippen LogP contribution in [0.1, 0.15) is 6.42 Å². The van der Waals surface area contributed by atoms with Gasteiger partial charge in [0.15, 0.2) is 0 Å². The lowest BCUT2D eigenvalue weighted by atomic mass is 10.1. The maximum absolute atomic E-state index is 12.4. The molecule has 0 saturated carbocycles. The molecule has 1 unspecified atom stereocenters. The quantitative estimate of drug-likeness (QED) is 0.780. The molecular weight excluding hydrogens is 379 g/mol. The molecule has 2 rings (SSSR count). The van der Waals surface area contributed by atoms with Crippen LogP contribution in [-0.4, -0.2) is 38.8 Å². The average molecular weight is 394 g/mol. The third-order valence-corrected chi connectivity index (χ3v) is 5.82. The Morgan fingerprint density at radius 3 is 2.58 bits per heavy atom. The minimum absolute atomic E-state index is 0.0969. The molecule has 1 amide bonds. The molecule has 1 heterocycles. The summed E-state index contributed by atoms with van der Waals surface area (Å²) in [6.45, 7) is 0.653. The van der Waals surface area contributed by atoms with E-state index in [1.807, 2.05) is 0 Å². The number of carbonyl (C=O) groups is 1. The number of nitrogens with one attached hydrogen (secondary N) is 1. The van der Waals surface area contributed by atoms with Crippen molar-refractivity contribution in [3.8, 4) is 0 Å².